The Labute approximate surface area is 188 Å². The first kappa shape index (κ1) is 23.3. The number of aryl methyl sites for hydroxylation is 1. The van der Waals surface area contributed by atoms with Crippen molar-refractivity contribution in [3.63, 3.8) is 0 Å². The number of thioether (sulfide) groups is 1. The highest BCUT2D eigenvalue weighted by atomic mass is 32.2. The number of carbonyl (C=O) groups is 1. The molecule has 2 unspecified atom stereocenters. The van der Waals surface area contributed by atoms with E-state index in [9.17, 15) is 9.90 Å². The molecule has 2 heterocycles. The number of benzene rings is 1. The van der Waals surface area contributed by atoms with E-state index in [2.05, 4.69) is 48.2 Å². The smallest absolute Gasteiger partial charge is 0.409 e. The maximum absolute atomic E-state index is 12.0. The predicted molar refractivity (Wildman–Crippen MR) is 124 cm³/mol. The lowest BCUT2D eigenvalue weighted by molar-refractivity contribution is -0.0925. The Morgan fingerprint density at radius 1 is 1.23 bits per heavy atom. The van der Waals surface area contributed by atoms with Crippen LogP contribution in [0.15, 0.2) is 41.6 Å². The van der Waals surface area contributed by atoms with E-state index < -0.39 is 11.8 Å². The third-order valence-electron chi connectivity index (χ3n) is 5.54. The molecule has 0 saturated carbocycles. The van der Waals surface area contributed by atoms with Crippen molar-refractivity contribution in [1.29, 1.82) is 0 Å². The Balaban J connectivity index is 1.68. The Hall–Kier alpha value is -2.32. The molecule has 0 spiro atoms. The van der Waals surface area contributed by atoms with Crippen LogP contribution in [0.2, 0.25) is 0 Å². The van der Waals surface area contributed by atoms with Crippen molar-refractivity contribution in [3.05, 3.63) is 42.2 Å². The van der Waals surface area contributed by atoms with Gasteiger partial charge in [-0.15, -0.1) is 11.8 Å². The van der Waals surface area contributed by atoms with Crippen LogP contribution in [-0.2, 0) is 11.2 Å². The topological polar surface area (TPSA) is 87.6 Å². The summed E-state index contributed by atoms with van der Waals surface area (Å²) in [6.45, 7) is 9.95. The zero-order valence-electron chi connectivity index (χ0n) is 19.0. The van der Waals surface area contributed by atoms with Gasteiger partial charge in [-0.2, -0.15) is 0 Å². The number of amides is 1. The van der Waals surface area contributed by atoms with Gasteiger partial charge in [-0.05, 0) is 56.1 Å². The molecule has 1 fully saturated rings. The van der Waals surface area contributed by atoms with Gasteiger partial charge in [0, 0.05) is 23.0 Å². The molecule has 2 aromatic rings. The lowest BCUT2D eigenvalue weighted by Gasteiger charge is -2.33. The molecule has 7 nitrogen and oxygen atoms in total. The van der Waals surface area contributed by atoms with E-state index >= 15 is 0 Å². The minimum absolute atomic E-state index is 0.161. The monoisotopic (exact) mass is 444 g/mol. The minimum Gasteiger partial charge on any atom is -0.465 e. The third kappa shape index (κ3) is 5.49. The van der Waals surface area contributed by atoms with Crippen molar-refractivity contribution in [2.45, 2.75) is 70.2 Å². The van der Waals surface area contributed by atoms with Gasteiger partial charge in [0.15, 0.2) is 0 Å². The van der Waals surface area contributed by atoms with Gasteiger partial charge in [0.05, 0.1) is 12.1 Å². The summed E-state index contributed by atoms with van der Waals surface area (Å²) in [5.74, 6) is 0.556. The van der Waals surface area contributed by atoms with Crippen LogP contribution in [0.1, 0.15) is 46.6 Å². The van der Waals surface area contributed by atoms with E-state index in [-0.39, 0.29) is 17.6 Å². The molecule has 3 rings (SSSR count). The Morgan fingerprint density at radius 3 is 2.35 bits per heavy atom. The summed E-state index contributed by atoms with van der Waals surface area (Å²) in [7, 11) is 0. The first-order valence-electron chi connectivity index (χ1n) is 10.4. The standard InChI is InChI=1S/C23H32N4O3S/c1-22(2,3)19-18(27(21(28)29)23(4,5)30-19)12-9-15-7-10-16(11-8-15)26-20-24-13-17(31-6)14-25-20/h7-8,10-11,13-14,18-19H,9,12H2,1-6H3,(H,28,29)(H,24,25,26). The molecule has 0 bridgehead atoms. The molecular formula is C23H32N4O3S. The molecule has 1 aromatic carbocycles. The van der Waals surface area contributed by atoms with E-state index in [0.717, 1.165) is 22.6 Å². The molecule has 2 atom stereocenters. The van der Waals surface area contributed by atoms with Gasteiger partial charge >= 0.3 is 6.09 Å². The number of nitrogens with zero attached hydrogens (tertiary/aromatic N) is 3. The summed E-state index contributed by atoms with van der Waals surface area (Å²) in [4.78, 5) is 23.1. The lowest BCUT2D eigenvalue weighted by atomic mass is 9.82. The van der Waals surface area contributed by atoms with E-state index in [0.29, 0.717) is 12.4 Å². The zero-order chi connectivity index (χ0) is 22.8. The highest BCUT2D eigenvalue weighted by molar-refractivity contribution is 7.98. The maximum atomic E-state index is 12.0. The van der Waals surface area contributed by atoms with Gasteiger partial charge < -0.3 is 15.2 Å². The van der Waals surface area contributed by atoms with Gasteiger partial charge in [-0.3, -0.25) is 4.90 Å². The number of ether oxygens (including phenoxy) is 1. The number of hydrogen-bond acceptors (Lipinski definition) is 6. The highest BCUT2D eigenvalue weighted by Crippen LogP contribution is 2.42. The molecule has 1 amide bonds. The zero-order valence-corrected chi connectivity index (χ0v) is 19.9. The van der Waals surface area contributed by atoms with Crippen LogP contribution >= 0.6 is 11.8 Å². The molecular weight excluding hydrogens is 412 g/mol. The first-order chi connectivity index (χ1) is 14.5. The minimum atomic E-state index is -0.936. The predicted octanol–water partition coefficient (Wildman–Crippen LogP) is 5.40. The van der Waals surface area contributed by atoms with Gasteiger partial charge in [0.2, 0.25) is 5.95 Å². The summed E-state index contributed by atoms with van der Waals surface area (Å²) >= 11 is 1.60. The Kier molecular flexibility index (Phi) is 6.81. The molecule has 1 aliphatic heterocycles. The molecule has 1 aliphatic rings. The summed E-state index contributed by atoms with van der Waals surface area (Å²) in [5.41, 5.74) is 1.05. The normalized spacial score (nSPS) is 20.6. The number of aromatic nitrogens is 2. The van der Waals surface area contributed by atoms with Crippen molar-refractivity contribution in [2.75, 3.05) is 11.6 Å². The van der Waals surface area contributed by atoms with Crippen molar-refractivity contribution in [2.24, 2.45) is 5.41 Å². The average molecular weight is 445 g/mol. The first-order valence-corrected chi connectivity index (χ1v) is 11.7. The number of anilines is 2. The second kappa shape index (κ2) is 9.04. The SMILES string of the molecule is CSc1cnc(Nc2ccc(CCC3C(C(C)(C)C)OC(C)(C)N3C(=O)O)cc2)nc1. The molecule has 8 heteroatoms. The van der Waals surface area contributed by atoms with E-state index in [4.69, 9.17) is 4.74 Å². The van der Waals surface area contributed by atoms with Gasteiger partial charge in [-0.1, -0.05) is 32.9 Å². The van der Waals surface area contributed by atoms with Gasteiger partial charge in [-0.25, -0.2) is 14.8 Å². The maximum Gasteiger partial charge on any atom is 0.409 e. The lowest BCUT2D eigenvalue weighted by Crippen LogP contribution is -2.48. The van der Waals surface area contributed by atoms with Crippen molar-refractivity contribution in [3.8, 4) is 0 Å². The highest BCUT2D eigenvalue weighted by Gasteiger charge is 2.53. The quantitative estimate of drug-likeness (QED) is 0.576. The van der Waals surface area contributed by atoms with Crippen LogP contribution in [0.4, 0.5) is 16.4 Å². The van der Waals surface area contributed by atoms with Crippen LogP contribution < -0.4 is 5.32 Å². The summed E-state index contributed by atoms with van der Waals surface area (Å²) in [6, 6.07) is 7.89. The van der Waals surface area contributed by atoms with Gasteiger partial charge in [0.25, 0.3) is 0 Å². The fourth-order valence-corrected chi connectivity index (χ4v) is 4.39. The van der Waals surface area contributed by atoms with Crippen LogP contribution in [-0.4, -0.2) is 50.2 Å². The number of carboxylic acid groups (broad SMARTS) is 1. The van der Waals surface area contributed by atoms with E-state index in [1.54, 1.807) is 24.2 Å². The number of rotatable bonds is 6. The molecule has 31 heavy (non-hydrogen) atoms. The molecule has 2 N–H and O–H groups in total. The second-order valence-corrected chi connectivity index (χ2v) is 10.3. The van der Waals surface area contributed by atoms with Crippen LogP contribution in [0, 0.1) is 5.41 Å². The number of hydrogen-bond donors (Lipinski definition) is 2. The van der Waals surface area contributed by atoms with E-state index in [1.807, 2.05) is 32.2 Å². The van der Waals surface area contributed by atoms with Crippen molar-refractivity contribution < 1.29 is 14.6 Å². The molecule has 1 aromatic heterocycles. The summed E-state index contributed by atoms with van der Waals surface area (Å²) < 4.78 is 6.21. The van der Waals surface area contributed by atoms with Crippen molar-refractivity contribution in [1.82, 2.24) is 14.9 Å². The molecule has 168 valence electrons. The Morgan fingerprint density at radius 2 is 1.84 bits per heavy atom. The molecule has 0 radical (unpaired) electrons. The van der Waals surface area contributed by atoms with Crippen LogP contribution in [0.25, 0.3) is 0 Å². The van der Waals surface area contributed by atoms with Gasteiger partial charge in [0.1, 0.15) is 5.72 Å². The molecule has 0 aliphatic carbocycles. The van der Waals surface area contributed by atoms with Crippen LogP contribution in [0.5, 0.6) is 0 Å². The largest absolute Gasteiger partial charge is 0.465 e. The summed E-state index contributed by atoms with van der Waals surface area (Å²) in [5, 5.41) is 13.0. The average Bonchev–Trinajstić information content (AvgIpc) is 2.99. The Bertz CT molecular complexity index is 895. The van der Waals surface area contributed by atoms with Crippen LogP contribution in [0.3, 0.4) is 0 Å². The fourth-order valence-electron chi connectivity index (χ4n) is 4.07. The summed E-state index contributed by atoms with van der Waals surface area (Å²) in [6.07, 6.45) is 5.93. The van der Waals surface area contributed by atoms with Crippen molar-refractivity contribution >= 4 is 29.5 Å². The van der Waals surface area contributed by atoms with E-state index in [1.165, 1.54) is 4.90 Å². The third-order valence-corrected chi connectivity index (χ3v) is 6.22. The second-order valence-electron chi connectivity index (χ2n) is 9.38. The number of nitrogens with one attached hydrogen (secondary N) is 1. The molecule has 1 saturated heterocycles. The fraction of sp³-hybridized carbons (Fsp3) is 0.522.